The molecule has 0 saturated carbocycles. The largest absolute Gasteiger partial charge is 0.254 e. The van der Waals surface area contributed by atoms with E-state index in [1.54, 1.807) is 0 Å². The lowest BCUT2D eigenvalue weighted by atomic mass is 9.80. The molecule has 13 aromatic rings. The summed E-state index contributed by atoms with van der Waals surface area (Å²) in [5.74, 6) is 0. The van der Waals surface area contributed by atoms with Gasteiger partial charge in [-0.15, -0.1) is 0 Å². The molecule has 1 aliphatic rings. The Hall–Kier alpha value is -7.42. The second-order valence-corrected chi connectivity index (χ2v) is 17.3. The fourth-order valence-electron chi connectivity index (χ4n) is 11.2. The van der Waals surface area contributed by atoms with Crippen LogP contribution >= 0.6 is 0 Å². The van der Waals surface area contributed by atoms with Gasteiger partial charge in [0.1, 0.15) is 0 Å². The molecular weight excluding hydrogens is 713 g/mol. The van der Waals surface area contributed by atoms with Crippen LogP contribution in [0.4, 0.5) is 0 Å². The average molecular weight is 747 g/mol. The van der Waals surface area contributed by atoms with Crippen LogP contribution in [0.5, 0.6) is 0 Å². The highest BCUT2D eigenvalue weighted by Crippen LogP contribution is 2.52. The first-order chi connectivity index (χ1) is 29.0. The van der Waals surface area contributed by atoms with Crippen molar-refractivity contribution >= 4 is 86.4 Å². The molecule has 0 spiro atoms. The molecule has 0 aliphatic heterocycles. The van der Waals surface area contributed by atoms with E-state index in [0.29, 0.717) is 0 Å². The molecule has 11 aromatic carbocycles. The van der Waals surface area contributed by atoms with E-state index in [2.05, 4.69) is 159 Å². The molecular formula is C57H34N2. The minimum atomic E-state index is -0.102. The van der Waals surface area contributed by atoms with Gasteiger partial charge in [-0.1, -0.05) is 123 Å². The van der Waals surface area contributed by atoms with Gasteiger partial charge in [0.25, 0.3) is 0 Å². The minimum Gasteiger partial charge on any atom is -0.254 e. The summed E-state index contributed by atoms with van der Waals surface area (Å²) in [6, 6.07) is 59.8. The molecule has 2 heteroatoms. The van der Waals surface area contributed by atoms with Crippen molar-refractivity contribution < 1.29 is 0 Å². The first-order valence-electron chi connectivity index (χ1n) is 20.6. The van der Waals surface area contributed by atoms with Crippen LogP contribution < -0.4 is 0 Å². The van der Waals surface area contributed by atoms with E-state index in [4.69, 9.17) is 9.97 Å². The highest BCUT2D eigenvalue weighted by atomic mass is 14.7. The topological polar surface area (TPSA) is 25.8 Å². The summed E-state index contributed by atoms with van der Waals surface area (Å²) in [7, 11) is 0. The van der Waals surface area contributed by atoms with Gasteiger partial charge >= 0.3 is 0 Å². The zero-order valence-electron chi connectivity index (χ0n) is 32.6. The van der Waals surface area contributed by atoms with Crippen LogP contribution in [0.1, 0.15) is 25.0 Å². The van der Waals surface area contributed by atoms with E-state index < -0.39 is 0 Å². The maximum Gasteiger partial charge on any atom is 0.0970 e. The van der Waals surface area contributed by atoms with Crippen molar-refractivity contribution in [3.8, 4) is 44.5 Å². The Kier molecular flexibility index (Phi) is 5.87. The van der Waals surface area contributed by atoms with Gasteiger partial charge in [-0.2, -0.15) is 0 Å². The number of hydrogen-bond acceptors (Lipinski definition) is 2. The standard InChI is InChI=1S/C57H34N2/c1-57(2)47-10-4-3-8-41(47)42-21-20-35(30-48(42)57)38-25-39(27-40(26-38)46-29-37-7-5-23-58-55(37)56-44(46)9-6-24-59-56)45-28-36-18-17-33-14-12-31-11-13-32-15-16-34-19-22-43(45)54-52(34)50(32)49(31)51(33)53(36)54/h3-30H,1-2H3. The lowest BCUT2D eigenvalue weighted by Gasteiger charge is -2.23. The zero-order chi connectivity index (χ0) is 38.7. The number of hydrogen-bond donors (Lipinski definition) is 0. The Bertz CT molecular complexity index is 3870. The van der Waals surface area contributed by atoms with Crippen LogP contribution in [0, 0.1) is 0 Å². The van der Waals surface area contributed by atoms with E-state index in [-0.39, 0.29) is 5.41 Å². The van der Waals surface area contributed by atoms with Crippen LogP contribution in [0.25, 0.3) is 131 Å². The predicted octanol–water partition coefficient (Wildman–Crippen LogP) is 15.3. The fourth-order valence-corrected chi connectivity index (χ4v) is 11.2. The quantitative estimate of drug-likeness (QED) is 0.133. The number of nitrogens with zero attached hydrogens (tertiary/aromatic N) is 2. The minimum absolute atomic E-state index is 0.102. The lowest BCUT2D eigenvalue weighted by Crippen LogP contribution is -2.14. The summed E-state index contributed by atoms with van der Waals surface area (Å²) in [4.78, 5) is 9.72. The van der Waals surface area contributed by atoms with Gasteiger partial charge in [-0.3, -0.25) is 9.97 Å². The van der Waals surface area contributed by atoms with Gasteiger partial charge in [0.05, 0.1) is 11.0 Å². The van der Waals surface area contributed by atoms with E-state index in [1.165, 1.54) is 115 Å². The number of aromatic nitrogens is 2. The molecule has 14 rings (SSSR count). The monoisotopic (exact) mass is 746 g/mol. The van der Waals surface area contributed by atoms with Crippen molar-refractivity contribution in [2.24, 2.45) is 0 Å². The Morgan fingerprint density at radius 3 is 1.59 bits per heavy atom. The summed E-state index contributed by atoms with van der Waals surface area (Å²) >= 11 is 0. The van der Waals surface area contributed by atoms with Crippen molar-refractivity contribution in [2.75, 3.05) is 0 Å². The molecule has 0 radical (unpaired) electrons. The van der Waals surface area contributed by atoms with Crippen molar-refractivity contribution in [1.29, 1.82) is 0 Å². The molecule has 0 amide bonds. The Balaban J connectivity index is 1.10. The van der Waals surface area contributed by atoms with Gasteiger partial charge in [-0.25, -0.2) is 0 Å². The van der Waals surface area contributed by atoms with Crippen molar-refractivity contribution in [3.63, 3.8) is 0 Å². The number of rotatable bonds is 3. The van der Waals surface area contributed by atoms with Crippen molar-refractivity contribution in [1.82, 2.24) is 9.97 Å². The summed E-state index contributed by atoms with van der Waals surface area (Å²) in [6.45, 7) is 4.74. The highest BCUT2D eigenvalue weighted by Gasteiger charge is 2.35. The third kappa shape index (κ3) is 4.05. The number of fused-ring (bicyclic) bond motifs is 6. The summed E-state index contributed by atoms with van der Waals surface area (Å²) in [6.07, 6.45) is 3.75. The van der Waals surface area contributed by atoms with E-state index in [1.807, 2.05) is 24.5 Å². The second-order valence-electron chi connectivity index (χ2n) is 17.3. The molecule has 0 fully saturated rings. The second kappa shape index (κ2) is 10.9. The summed E-state index contributed by atoms with van der Waals surface area (Å²) in [5, 5.41) is 18.2. The van der Waals surface area contributed by atoms with E-state index in [9.17, 15) is 0 Å². The van der Waals surface area contributed by atoms with Crippen molar-refractivity contribution in [2.45, 2.75) is 19.3 Å². The lowest BCUT2D eigenvalue weighted by molar-refractivity contribution is 0.660. The Morgan fingerprint density at radius 2 is 0.864 bits per heavy atom. The smallest absolute Gasteiger partial charge is 0.0970 e. The van der Waals surface area contributed by atoms with E-state index in [0.717, 1.165) is 27.4 Å². The zero-order valence-corrected chi connectivity index (χ0v) is 32.6. The fraction of sp³-hybridized carbons (Fsp3) is 0.0526. The van der Waals surface area contributed by atoms with Gasteiger partial charge in [0.15, 0.2) is 0 Å². The van der Waals surface area contributed by atoms with E-state index >= 15 is 0 Å². The van der Waals surface area contributed by atoms with Crippen LogP contribution in [0.2, 0.25) is 0 Å². The molecule has 0 unspecified atom stereocenters. The van der Waals surface area contributed by atoms with Crippen LogP contribution in [0.3, 0.4) is 0 Å². The molecule has 0 saturated heterocycles. The van der Waals surface area contributed by atoms with Crippen LogP contribution in [-0.4, -0.2) is 9.97 Å². The molecule has 2 heterocycles. The number of benzene rings is 11. The molecule has 0 atom stereocenters. The van der Waals surface area contributed by atoms with Gasteiger partial charge in [-0.05, 0) is 169 Å². The predicted molar refractivity (Wildman–Crippen MR) is 250 cm³/mol. The molecule has 59 heavy (non-hydrogen) atoms. The first-order valence-corrected chi connectivity index (χ1v) is 20.6. The SMILES string of the molecule is CC1(C)c2ccccc2-c2ccc(-c3cc(-c4cc5cccnc5c5ncccc45)cc(-c4cc5ccc6ccc7ccc8ccc9ccc4c4c9c8c7c6c54)c3)cc21. The van der Waals surface area contributed by atoms with Gasteiger partial charge in [0, 0.05) is 28.6 Å². The summed E-state index contributed by atoms with van der Waals surface area (Å²) < 4.78 is 0. The number of pyridine rings is 2. The Labute approximate surface area is 340 Å². The summed E-state index contributed by atoms with van der Waals surface area (Å²) in [5.41, 5.74) is 14.4. The maximum atomic E-state index is 4.92. The molecule has 2 aromatic heterocycles. The van der Waals surface area contributed by atoms with Gasteiger partial charge < -0.3 is 0 Å². The van der Waals surface area contributed by atoms with Crippen LogP contribution in [-0.2, 0) is 5.41 Å². The molecule has 1 aliphatic carbocycles. The maximum absolute atomic E-state index is 4.92. The third-order valence-corrected chi connectivity index (χ3v) is 13.9. The Morgan fingerprint density at radius 1 is 0.322 bits per heavy atom. The molecule has 2 nitrogen and oxygen atoms in total. The first kappa shape index (κ1) is 31.6. The molecule has 0 N–H and O–H groups in total. The molecule has 272 valence electrons. The van der Waals surface area contributed by atoms with Crippen LogP contribution in [0.15, 0.2) is 170 Å². The van der Waals surface area contributed by atoms with Crippen molar-refractivity contribution in [3.05, 3.63) is 181 Å². The van der Waals surface area contributed by atoms with Gasteiger partial charge in [0.2, 0.25) is 0 Å². The average Bonchev–Trinajstić information content (AvgIpc) is 3.52. The molecule has 0 bridgehead atoms. The highest BCUT2D eigenvalue weighted by molar-refractivity contribution is 6.45. The normalized spacial score (nSPS) is 13.7. The third-order valence-electron chi connectivity index (χ3n) is 13.9.